The average Bonchev–Trinajstić information content (AvgIpc) is 2.52. The molecule has 0 unspecified atom stereocenters. The van der Waals surface area contributed by atoms with Crippen molar-refractivity contribution in [3.63, 3.8) is 0 Å². The van der Waals surface area contributed by atoms with E-state index in [1.807, 2.05) is 36.4 Å². The van der Waals surface area contributed by atoms with E-state index in [0.29, 0.717) is 12.0 Å². The third-order valence-corrected chi connectivity index (χ3v) is 4.28. The Morgan fingerprint density at radius 1 is 0.960 bits per heavy atom. The molecule has 2 aromatic rings. The Hall–Kier alpha value is -2.07. The summed E-state index contributed by atoms with van der Waals surface area (Å²) in [5.74, 6) is -1.43. The molecule has 0 aliphatic carbocycles. The van der Waals surface area contributed by atoms with Crippen LogP contribution in [0.1, 0.15) is 60.7 Å². The van der Waals surface area contributed by atoms with Gasteiger partial charge in [0.1, 0.15) is 0 Å². The Balaban J connectivity index is 0.00000312. The number of carboxylic acid groups (broad SMARTS) is 1. The summed E-state index contributed by atoms with van der Waals surface area (Å²) in [6, 6.07) is 15.0. The molecule has 1 N–H and O–H groups in total. The number of hydrogen-bond donors (Lipinski definition) is 1. The lowest BCUT2D eigenvalue weighted by molar-refractivity contribution is -0.138. The first-order valence-corrected chi connectivity index (χ1v) is 8.11. The molecule has 0 saturated carbocycles. The number of aliphatic carboxylic acids is 1. The maximum absolute atomic E-state index is 11.7. The number of ketones is 1. The van der Waals surface area contributed by atoms with Crippen LogP contribution < -0.4 is 0 Å². The first kappa shape index (κ1) is 21.0. The van der Waals surface area contributed by atoms with Crippen LogP contribution in [-0.2, 0) is 16.6 Å². The van der Waals surface area contributed by atoms with Crippen molar-refractivity contribution >= 4 is 25.2 Å². The summed E-state index contributed by atoms with van der Waals surface area (Å²) in [6.45, 7) is 7.92. The average molecular weight is 359 g/mol. The number of Topliss-reactive ketones (excluding diaryl/α,β-unsaturated/α-hetero) is 1. The van der Waals surface area contributed by atoms with Gasteiger partial charge >= 0.3 is 5.97 Å². The minimum atomic E-state index is -0.839. The number of carbonyl (C=O) groups excluding carboxylic acids is 1. The summed E-state index contributed by atoms with van der Waals surface area (Å²) in [4.78, 5) is 23.0. The molecule has 0 heterocycles. The van der Waals surface area contributed by atoms with Gasteiger partial charge in [-0.05, 0) is 35.4 Å². The first-order valence-electron chi connectivity index (χ1n) is 8.11. The molecule has 0 fully saturated rings. The predicted molar refractivity (Wildman–Crippen MR) is 106 cm³/mol. The molecule has 3 nitrogen and oxygen atoms in total. The van der Waals surface area contributed by atoms with Crippen LogP contribution in [0.25, 0.3) is 0 Å². The van der Waals surface area contributed by atoms with Crippen LogP contribution in [0, 0.1) is 0 Å². The van der Waals surface area contributed by atoms with E-state index in [9.17, 15) is 14.7 Å². The van der Waals surface area contributed by atoms with Gasteiger partial charge in [0.05, 0.1) is 5.92 Å². The van der Waals surface area contributed by atoms with Crippen LogP contribution in [0.3, 0.4) is 0 Å². The summed E-state index contributed by atoms with van der Waals surface area (Å²) in [5, 5.41) is 9.61. The molecular weight excluding hydrogens is 332 g/mol. The summed E-state index contributed by atoms with van der Waals surface area (Å²) in [7, 11) is 0. The number of carbonyl (C=O) groups is 2. The van der Waals surface area contributed by atoms with Gasteiger partial charge in [0.25, 0.3) is 0 Å². The van der Waals surface area contributed by atoms with E-state index in [0.717, 1.165) is 11.1 Å². The van der Waals surface area contributed by atoms with Crippen molar-refractivity contribution in [2.24, 2.45) is 0 Å². The van der Waals surface area contributed by atoms with Crippen molar-refractivity contribution in [2.45, 2.75) is 45.4 Å². The highest BCUT2D eigenvalue weighted by Gasteiger charge is 2.21. The van der Waals surface area contributed by atoms with Crippen molar-refractivity contribution in [2.75, 3.05) is 0 Å². The summed E-state index contributed by atoms with van der Waals surface area (Å²) in [6.07, 6.45) is 0.405. The lowest BCUT2D eigenvalue weighted by Gasteiger charge is -2.20. The van der Waals surface area contributed by atoms with Gasteiger partial charge in [0.15, 0.2) is 5.78 Å². The van der Waals surface area contributed by atoms with E-state index in [1.165, 1.54) is 12.5 Å². The van der Waals surface area contributed by atoms with Crippen LogP contribution in [-0.4, -0.2) is 16.9 Å². The van der Waals surface area contributed by atoms with Crippen molar-refractivity contribution < 1.29 is 14.7 Å². The highest BCUT2D eigenvalue weighted by Crippen LogP contribution is 2.26. The Labute approximate surface area is 156 Å². The van der Waals surface area contributed by atoms with Crippen LogP contribution in [0.2, 0.25) is 0 Å². The summed E-state index contributed by atoms with van der Waals surface area (Å²) >= 11 is 0. The minimum absolute atomic E-state index is 0. The second-order valence-corrected chi connectivity index (χ2v) is 7.22. The number of benzene rings is 2. The van der Waals surface area contributed by atoms with Gasteiger partial charge in [0, 0.05) is 5.56 Å². The molecule has 25 heavy (non-hydrogen) atoms. The van der Waals surface area contributed by atoms with Gasteiger partial charge in [-0.2, -0.15) is 13.5 Å². The molecule has 0 aliphatic rings. The van der Waals surface area contributed by atoms with Crippen molar-refractivity contribution in [3.8, 4) is 0 Å². The molecular formula is C21H26O3S. The van der Waals surface area contributed by atoms with Crippen LogP contribution >= 0.6 is 13.5 Å². The molecule has 0 aliphatic heterocycles. The lowest BCUT2D eigenvalue weighted by Crippen LogP contribution is -2.16. The first-order chi connectivity index (χ1) is 11.2. The topological polar surface area (TPSA) is 54.4 Å². The van der Waals surface area contributed by atoms with E-state index in [-0.39, 0.29) is 24.7 Å². The second-order valence-electron chi connectivity index (χ2n) is 7.22. The number of hydrogen-bond acceptors (Lipinski definition) is 2. The molecule has 0 aromatic heterocycles. The van der Waals surface area contributed by atoms with Crippen LogP contribution in [0.4, 0.5) is 0 Å². The second kappa shape index (κ2) is 8.34. The molecule has 0 radical (unpaired) electrons. The third kappa shape index (κ3) is 5.46. The van der Waals surface area contributed by atoms with Crippen molar-refractivity contribution in [3.05, 3.63) is 70.8 Å². The van der Waals surface area contributed by atoms with Gasteiger partial charge in [-0.3, -0.25) is 9.59 Å². The molecule has 0 amide bonds. The summed E-state index contributed by atoms with van der Waals surface area (Å²) in [5.41, 5.74) is 3.57. The monoisotopic (exact) mass is 358 g/mol. The van der Waals surface area contributed by atoms with E-state index >= 15 is 0 Å². The lowest BCUT2D eigenvalue weighted by atomic mass is 9.84. The maximum Gasteiger partial charge on any atom is 0.311 e. The van der Waals surface area contributed by atoms with E-state index < -0.39 is 11.9 Å². The minimum Gasteiger partial charge on any atom is -0.481 e. The van der Waals surface area contributed by atoms with Gasteiger partial charge in [0.2, 0.25) is 0 Å². The third-order valence-electron chi connectivity index (χ3n) is 4.28. The van der Waals surface area contributed by atoms with Crippen molar-refractivity contribution in [1.82, 2.24) is 0 Å². The van der Waals surface area contributed by atoms with Gasteiger partial charge in [-0.1, -0.05) is 69.3 Å². The van der Waals surface area contributed by atoms with Gasteiger partial charge in [-0.25, -0.2) is 0 Å². The molecule has 2 aromatic carbocycles. The normalized spacial score (nSPS) is 12.2. The van der Waals surface area contributed by atoms with Gasteiger partial charge < -0.3 is 5.11 Å². The zero-order valence-electron chi connectivity index (χ0n) is 15.2. The van der Waals surface area contributed by atoms with E-state index in [1.54, 1.807) is 12.1 Å². The Morgan fingerprint density at radius 2 is 1.48 bits per heavy atom. The molecule has 4 heteroatoms. The number of rotatable bonds is 5. The Kier molecular flexibility index (Phi) is 7.00. The zero-order valence-corrected chi connectivity index (χ0v) is 16.2. The fraction of sp³-hybridized carbons (Fsp3) is 0.333. The molecule has 0 spiro atoms. The Bertz CT molecular complexity index is 725. The highest BCUT2D eigenvalue weighted by molar-refractivity contribution is 7.59. The molecule has 2 rings (SSSR count). The fourth-order valence-corrected chi connectivity index (χ4v) is 2.67. The fourth-order valence-electron chi connectivity index (χ4n) is 2.67. The quantitative estimate of drug-likeness (QED) is 0.788. The summed E-state index contributed by atoms with van der Waals surface area (Å²) < 4.78 is 0. The smallest absolute Gasteiger partial charge is 0.311 e. The van der Waals surface area contributed by atoms with E-state index in [2.05, 4.69) is 20.8 Å². The van der Waals surface area contributed by atoms with Gasteiger partial charge in [-0.15, -0.1) is 0 Å². The molecule has 134 valence electrons. The molecule has 0 bridgehead atoms. The standard InChI is InChI=1S/C21H24O3.H2S/c1-14(22)16-7-5-15(6-8-16)13-19(20(23)24)17-9-11-18(12-10-17)21(2,3)4;/h5-12,19H,13H2,1-4H3,(H,23,24);1H2/t19-;/m0./s1. The van der Waals surface area contributed by atoms with E-state index in [4.69, 9.17) is 0 Å². The SMILES string of the molecule is CC(=O)c1ccc(C[C@H](C(=O)O)c2ccc(C(C)(C)C)cc2)cc1.S. The maximum atomic E-state index is 11.7. The number of carboxylic acids is 1. The van der Waals surface area contributed by atoms with Crippen LogP contribution in [0.15, 0.2) is 48.5 Å². The molecule has 1 atom stereocenters. The van der Waals surface area contributed by atoms with Crippen LogP contribution in [0.5, 0.6) is 0 Å². The van der Waals surface area contributed by atoms with Crippen molar-refractivity contribution in [1.29, 1.82) is 0 Å². The zero-order chi connectivity index (χ0) is 17.9. The largest absolute Gasteiger partial charge is 0.481 e. The molecule has 0 saturated heterocycles. The predicted octanol–water partition coefficient (Wildman–Crippen LogP) is 4.71. The Morgan fingerprint density at radius 3 is 1.88 bits per heavy atom. The highest BCUT2D eigenvalue weighted by atomic mass is 32.1.